The van der Waals surface area contributed by atoms with Gasteiger partial charge in [0.25, 0.3) is 0 Å². The van der Waals surface area contributed by atoms with Gasteiger partial charge < -0.3 is 9.47 Å². The third kappa shape index (κ3) is 5.15. The second kappa shape index (κ2) is 10.3. The molecule has 0 fully saturated rings. The second-order valence-corrected chi connectivity index (χ2v) is 7.14. The first-order chi connectivity index (χ1) is 15.4. The highest BCUT2D eigenvalue weighted by Gasteiger charge is 2.73. The predicted octanol–water partition coefficient (Wildman–Crippen LogP) is 6.23. The molecular formula is C23H22F6O4. The Labute approximate surface area is 186 Å². The van der Waals surface area contributed by atoms with Crippen LogP contribution in [0.3, 0.4) is 0 Å². The van der Waals surface area contributed by atoms with Crippen LogP contribution in [0.5, 0.6) is 0 Å². The third-order valence-corrected chi connectivity index (χ3v) is 4.83. The van der Waals surface area contributed by atoms with E-state index in [0.29, 0.717) is 31.0 Å². The van der Waals surface area contributed by atoms with Gasteiger partial charge in [0.1, 0.15) is 0 Å². The van der Waals surface area contributed by atoms with E-state index in [1.54, 1.807) is 13.8 Å². The van der Waals surface area contributed by atoms with E-state index in [0.717, 1.165) is 30.3 Å². The lowest BCUT2D eigenvalue weighted by Crippen LogP contribution is -2.55. The number of hydrogen-bond acceptors (Lipinski definition) is 4. The maximum absolute atomic E-state index is 14.4. The Morgan fingerprint density at radius 3 is 1.70 bits per heavy atom. The molecule has 0 aliphatic carbocycles. The smallest absolute Gasteiger partial charge is 0.411 e. The summed E-state index contributed by atoms with van der Waals surface area (Å²) in [5.74, 6) is -2.18. The molecule has 10 heteroatoms. The van der Waals surface area contributed by atoms with Gasteiger partial charge in [-0.15, -0.1) is 0 Å². The van der Waals surface area contributed by atoms with E-state index in [4.69, 9.17) is 9.47 Å². The topological polar surface area (TPSA) is 52.6 Å². The summed E-state index contributed by atoms with van der Waals surface area (Å²) in [6.07, 6.45) is -11.0. The number of carbonyl (C=O) groups excluding carboxylic acids is 2. The fraction of sp³-hybridized carbons (Fsp3) is 0.391. The van der Waals surface area contributed by atoms with Gasteiger partial charge in [-0.2, -0.15) is 26.3 Å². The summed E-state index contributed by atoms with van der Waals surface area (Å²) in [6.45, 7) is 3.22. The van der Waals surface area contributed by atoms with E-state index in [1.807, 2.05) is 0 Å². The molecule has 0 atom stereocenters. The van der Waals surface area contributed by atoms with Gasteiger partial charge in [0.2, 0.25) is 5.41 Å². The van der Waals surface area contributed by atoms with Gasteiger partial charge in [-0.25, -0.2) is 9.59 Å². The van der Waals surface area contributed by atoms with Gasteiger partial charge in [0.05, 0.1) is 24.3 Å². The average molecular weight is 476 g/mol. The van der Waals surface area contributed by atoms with Crippen LogP contribution in [0.2, 0.25) is 0 Å². The van der Waals surface area contributed by atoms with E-state index in [2.05, 4.69) is 0 Å². The zero-order chi connectivity index (χ0) is 24.9. The first-order valence-electron chi connectivity index (χ1n) is 10.1. The summed E-state index contributed by atoms with van der Waals surface area (Å²) in [5, 5.41) is 0. The molecule has 2 rings (SSSR count). The van der Waals surface area contributed by atoms with E-state index < -0.39 is 46.4 Å². The molecule has 4 nitrogen and oxygen atoms in total. The van der Waals surface area contributed by atoms with Crippen molar-refractivity contribution in [3.8, 4) is 0 Å². The Bertz CT molecular complexity index is 950. The largest absolute Gasteiger partial charge is 0.462 e. The van der Waals surface area contributed by atoms with E-state index >= 15 is 0 Å². The molecule has 33 heavy (non-hydrogen) atoms. The van der Waals surface area contributed by atoms with Crippen molar-refractivity contribution in [3.63, 3.8) is 0 Å². The zero-order valence-electron chi connectivity index (χ0n) is 17.8. The summed E-state index contributed by atoms with van der Waals surface area (Å²) in [5.41, 5.74) is -8.13. The molecule has 0 radical (unpaired) electrons. The van der Waals surface area contributed by atoms with Crippen molar-refractivity contribution in [3.05, 3.63) is 70.8 Å². The standard InChI is InChI=1S/C23H22F6O4/c1-3-13-32-19(30)15-9-11-16(12-10-15)21(22(24,25)26,23(27,28)29)18-8-6-5-7-17(18)20(31)33-14-4-2/h5-12H,3-4,13-14H2,1-2H3. The molecule has 0 saturated heterocycles. The molecule has 0 saturated carbocycles. The number of ether oxygens (including phenoxy) is 2. The third-order valence-electron chi connectivity index (χ3n) is 4.83. The van der Waals surface area contributed by atoms with Crippen molar-refractivity contribution >= 4 is 11.9 Å². The van der Waals surface area contributed by atoms with Crippen molar-refractivity contribution in [2.45, 2.75) is 44.5 Å². The van der Waals surface area contributed by atoms with E-state index in [1.165, 1.54) is 0 Å². The van der Waals surface area contributed by atoms with Gasteiger partial charge in [-0.1, -0.05) is 44.2 Å². The molecule has 0 N–H and O–H groups in total. The number of hydrogen-bond donors (Lipinski definition) is 0. The van der Waals surface area contributed by atoms with E-state index in [-0.39, 0.29) is 18.8 Å². The number of halogens is 6. The lowest BCUT2D eigenvalue weighted by atomic mass is 9.71. The Morgan fingerprint density at radius 1 is 0.727 bits per heavy atom. The molecule has 2 aromatic rings. The first kappa shape index (κ1) is 26.2. The van der Waals surface area contributed by atoms with Crippen LogP contribution in [0.4, 0.5) is 26.3 Å². The van der Waals surface area contributed by atoms with Crippen molar-refractivity contribution in [1.29, 1.82) is 0 Å². The van der Waals surface area contributed by atoms with Gasteiger partial charge in [0, 0.05) is 0 Å². The number of alkyl halides is 6. The molecule has 0 aliphatic heterocycles. The average Bonchev–Trinajstić information content (AvgIpc) is 2.75. The minimum Gasteiger partial charge on any atom is -0.462 e. The number of esters is 2. The number of rotatable bonds is 8. The van der Waals surface area contributed by atoms with Crippen LogP contribution >= 0.6 is 0 Å². The fourth-order valence-electron chi connectivity index (χ4n) is 3.34. The van der Waals surface area contributed by atoms with Crippen molar-refractivity contribution in [2.75, 3.05) is 13.2 Å². The van der Waals surface area contributed by atoms with Gasteiger partial charge in [-0.3, -0.25) is 0 Å². The number of carbonyl (C=O) groups is 2. The summed E-state index contributed by atoms with van der Waals surface area (Å²) in [4.78, 5) is 24.3. The van der Waals surface area contributed by atoms with Crippen LogP contribution in [0.1, 0.15) is 58.5 Å². The van der Waals surface area contributed by atoms with Crippen molar-refractivity contribution < 1.29 is 45.4 Å². The molecular weight excluding hydrogens is 454 g/mol. The molecule has 0 spiro atoms. The lowest BCUT2D eigenvalue weighted by molar-refractivity contribution is -0.288. The van der Waals surface area contributed by atoms with Crippen molar-refractivity contribution in [2.24, 2.45) is 0 Å². The summed E-state index contributed by atoms with van der Waals surface area (Å²) in [6, 6.07) is 6.39. The highest BCUT2D eigenvalue weighted by Crippen LogP contribution is 2.57. The molecule has 0 bridgehead atoms. The van der Waals surface area contributed by atoms with Crippen molar-refractivity contribution in [1.82, 2.24) is 0 Å². The summed E-state index contributed by atoms with van der Waals surface area (Å²) in [7, 11) is 0. The second-order valence-electron chi connectivity index (χ2n) is 7.14. The highest BCUT2D eigenvalue weighted by molar-refractivity contribution is 5.92. The number of benzene rings is 2. The Morgan fingerprint density at radius 2 is 1.21 bits per heavy atom. The minimum atomic E-state index is -5.89. The molecule has 0 aliphatic rings. The van der Waals surface area contributed by atoms with Gasteiger partial charge in [-0.05, 0) is 42.2 Å². The highest BCUT2D eigenvalue weighted by atomic mass is 19.4. The quantitative estimate of drug-likeness (QED) is 0.335. The molecule has 0 unspecified atom stereocenters. The van der Waals surface area contributed by atoms with Gasteiger partial charge in [0.15, 0.2) is 0 Å². The van der Waals surface area contributed by atoms with Crippen LogP contribution in [-0.4, -0.2) is 37.5 Å². The zero-order valence-corrected chi connectivity index (χ0v) is 17.8. The molecule has 0 heterocycles. The Hall–Kier alpha value is -3.04. The maximum atomic E-state index is 14.4. The fourth-order valence-corrected chi connectivity index (χ4v) is 3.34. The van der Waals surface area contributed by atoms with Crippen LogP contribution in [0.15, 0.2) is 48.5 Å². The predicted molar refractivity (Wildman–Crippen MR) is 107 cm³/mol. The van der Waals surface area contributed by atoms with E-state index in [9.17, 15) is 35.9 Å². The summed E-state index contributed by atoms with van der Waals surface area (Å²) < 4.78 is 96.1. The Balaban J connectivity index is 2.77. The molecule has 2 aromatic carbocycles. The normalized spacial score (nSPS) is 12.4. The Kier molecular flexibility index (Phi) is 8.16. The molecule has 180 valence electrons. The van der Waals surface area contributed by atoms with Crippen LogP contribution < -0.4 is 0 Å². The van der Waals surface area contributed by atoms with Crippen LogP contribution in [0.25, 0.3) is 0 Å². The maximum Gasteiger partial charge on any atom is 0.411 e. The van der Waals surface area contributed by atoms with Crippen LogP contribution in [0, 0.1) is 0 Å². The SMILES string of the molecule is CCCOC(=O)c1ccc(C(c2ccccc2C(=O)OCCC)(C(F)(F)F)C(F)(F)F)cc1. The molecule has 0 aromatic heterocycles. The monoisotopic (exact) mass is 476 g/mol. The van der Waals surface area contributed by atoms with Gasteiger partial charge >= 0.3 is 24.3 Å². The minimum absolute atomic E-state index is 0.0445. The molecule has 0 amide bonds. The van der Waals surface area contributed by atoms with Crippen LogP contribution in [-0.2, 0) is 14.9 Å². The lowest BCUT2D eigenvalue weighted by Gasteiger charge is -2.39. The first-order valence-corrected chi connectivity index (χ1v) is 10.1. The summed E-state index contributed by atoms with van der Waals surface area (Å²) >= 11 is 0.